The smallest absolute Gasteiger partial charge is 0.0961 e. The molecule has 16 heavy (non-hydrogen) atoms. The molecule has 1 aliphatic heterocycles. The Morgan fingerprint density at radius 1 is 1.06 bits per heavy atom. The molecule has 0 saturated carbocycles. The molecule has 0 N–H and O–H groups in total. The molecule has 1 heterocycles. The highest BCUT2D eigenvalue weighted by Gasteiger charge is 2.23. The van der Waals surface area contributed by atoms with Gasteiger partial charge in [0.15, 0.2) is 0 Å². The molecule has 1 fully saturated rings. The van der Waals surface area contributed by atoms with E-state index >= 15 is 0 Å². The Labute approximate surface area is 120 Å². The lowest BCUT2D eigenvalue weighted by molar-refractivity contribution is -0.890. The molecule has 1 aliphatic rings. The zero-order valence-corrected chi connectivity index (χ0v) is 12.7. The first-order valence-electron chi connectivity index (χ1n) is 5.39. The SMILES string of the molecule is C[N+]1(C)CCN(c2ccc(Cl)cc2)CC1.[I-]. The molecule has 90 valence electrons. The van der Waals surface area contributed by atoms with Gasteiger partial charge in [0, 0.05) is 10.7 Å². The summed E-state index contributed by atoms with van der Waals surface area (Å²) in [6.07, 6.45) is 0. The maximum Gasteiger partial charge on any atom is 0.0961 e. The third-order valence-corrected chi connectivity index (χ3v) is 3.39. The maximum absolute atomic E-state index is 5.87. The van der Waals surface area contributed by atoms with Crippen LogP contribution < -0.4 is 28.9 Å². The van der Waals surface area contributed by atoms with E-state index in [0.717, 1.165) is 22.6 Å². The first-order chi connectivity index (χ1) is 7.07. The van der Waals surface area contributed by atoms with Gasteiger partial charge in [-0.1, -0.05) is 11.6 Å². The van der Waals surface area contributed by atoms with Gasteiger partial charge in [0.05, 0.1) is 40.3 Å². The molecule has 2 rings (SSSR count). The zero-order chi connectivity index (χ0) is 10.9. The molecule has 0 aromatic heterocycles. The number of rotatable bonds is 1. The first-order valence-corrected chi connectivity index (χ1v) is 5.77. The molecule has 0 atom stereocenters. The fourth-order valence-corrected chi connectivity index (χ4v) is 2.04. The van der Waals surface area contributed by atoms with Crippen molar-refractivity contribution in [1.29, 1.82) is 0 Å². The third-order valence-electron chi connectivity index (χ3n) is 3.14. The van der Waals surface area contributed by atoms with Crippen LogP contribution in [0.1, 0.15) is 0 Å². The second-order valence-electron chi connectivity index (χ2n) is 4.85. The molecule has 2 nitrogen and oxygen atoms in total. The standard InChI is InChI=1S/C12H18ClN2.HI/c1-15(2)9-7-14(8-10-15)12-5-3-11(13)4-6-12;/h3-6H,7-10H2,1-2H3;1H/q+1;/p-1. The number of piperazine rings is 1. The van der Waals surface area contributed by atoms with Gasteiger partial charge in [-0.3, -0.25) is 0 Å². The van der Waals surface area contributed by atoms with Crippen molar-refractivity contribution in [2.75, 3.05) is 45.2 Å². The summed E-state index contributed by atoms with van der Waals surface area (Å²) in [5, 5.41) is 0.812. The van der Waals surface area contributed by atoms with Crippen LogP contribution in [-0.2, 0) is 0 Å². The molecule has 0 spiro atoms. The Balaban J connectivity index is 0.00000128. The van der Waals surface area contributed by atoms with E-state index in [1.807, 2.05) is 12.1 Å². The molecule has 0 aliphatic carbocycles. The highest BCUT2D eigenvalue weighted by molar-refractivity contribution is 6.30. The summed E-state index contributed by atoms with van der Waals surface area (Å²) in [7, 11) is 4.58. The number of hydrogen-bond donors (Lipinski definition) is 0. The van der Waals surface area contributed by atoms with Crippen LogP contribution in [0.4, 0.5) is 5.69 Å². The van der Waals surface area contributed by atoms with Gasteiger partial charge < -0.3 is 33.4 Å². The predicted octanol–water partition coefficient (Wildman–Crippen LogP) is -0.760. The van der Waals surface area contributed by atoms with Crippen LogP contribution in [0, 0.1) is 0 Å². The van der Waals surface area contributed by atoms with Crippen LogP contribution in [0.2, 0.25) is 5.02 Å². The van der Waals surface area contributed by atoms with Gasteiger partial charge in [0.1, 0.15) is 0 Å². The number of benzene rings is 1. The molecule has 4 heteroatoms. The highest BCUT2D eigenvalue weighted by atomic mass is 127. The summed E-state index contributed by atoms with van der Waals surface area (Å²) in [5.41, 5.74) is 1.29. The molecule has 1 aromatic carbocycles. The lowest BCUT2D eigenvalue weighted by Gasteiger charge is -2.40. The summed E-state index contributed by atoms with van der Waals surface area (Å²) >= 11 is 5.87. The largest absolute Gasteiger partial charge is 1.00 e. The summed E-state index contributed by atoms with van der Waals surface area (Å²) in [6.45, 7) is 4.69. The van der Waals surface area contributed by atoms with Crippen LogP contribution >= 0.6 is 11.6 Å². The average Bonchev–Trinajstić information content (AvgIpc) is 2.20. The Hall–Kier alpha value is -0.000000000000000111. The minimum absolute atomic E-state index is 0. The Morgan fingerprint density at radius 2 is 1.56 bits per heavy atom. The first kappa shape index (κ1) is 14.1. The molecule has 0 bridgehead atoms. The quantitative estimate of drug-likeness (QED) is 0.474. The predicted molar refractivity (Wildman–Crippen MR) is 65.5 cm³/mol. The minimum Gasteiger partial charge on any atom is -1.00 e. The second kappa shape index (κ2) is 5.56. The van der Waals surface area contributed by atoms with E-state index < -0.39 is 0 Å². The number of halogens is 2. The molecular formula is C12H18ClIN2. The molecule has 1 aromatic rings. The fourth-order valence-electron chi connectivity index (χ4n) is 1.92. The van der Waals surface area contributed by atoms with Crippen LogP contribution in [0.15, 0.2) is 24.3 Å². The van der Waals surface area contributed by atoms with Gasteiger partial charge in [-0.25, -0.2) is 0 Å². The molecule has 0 radical (unpaired) electrons. The van der Waals surface area contributed by atoms with Gasteiger partial charge in [0.2, 0.25) is 0 Å². The normalized spacial score (nSPS) is 19.1. The van der Waals surface area contributed by atoms with Gasteiger partial charge in [-0.05, 0) is 24.3 Å². The third kappa shape index (κ3) is 3.50. The fraction of sp³-hybridized carbons (Fsp3) is 0.500. The van der Waals surface area contributed by atoms with Crippen molar-refractivity contribution in [3.8, 4) is 0 Å². The number of likely N-dealkylation sites (N-methyl/N-ethyl adjacent to an activating group) is 1. The number of anilines is 1. The molecule has 0 unspecified atom stereocenters. The number of quaternary nitrogens is 1. The molecular weight excluding hydrogens is 335 g/mol. The van der Waals surface area contributed by atoms with Crippen molar-refractivity contribution < 1.29 is 28.5 Å². The summed E-state index contributed by atoms with van der Waals surface area (Å²) in [4.78, 5) is 2.43. The minimum atomic E-state index is 0. The van der Waals surface area contributed by atoms with E-state index in [-0.39, 0.29) is 24.0 Å². The van der Waals surface area contributed by atoms with Gasteiger partial charge in [-0.15, -0.1) is 0 Å². The molecule has 0 amide bonds. The summed E-state index contributed by atoms with van der Waals surface area (Å²) < 4.78 is 1.13. The average molecular weight is 353 g/mol. The van der Waals surface area contributed by atoms with Crippen LogP contribution in [0.3, 0.4) is 0 Å². The van der Waals surface area contributed by atoms with Crippen LogP contribution in [0.25, 0.3) is 0 Å². The van der Waals surface area contributed by atoms with Crippen molar-refractivity contribution >= 4 is 17.3 Å². The van der Waals surface area contributed by atoms with E-state index in [2.05, 4.69) is 31.1 Å². The summed E-state index contributed by atoms with van der Waals surface area (Å²) in [5.74, 6) is 0. The highest BCUT2D eigenvalue weighted by Crippen LogP contribution is 2.20. The maximum atomic E-state index is 5.87. The van der Waals surface area contributed by atoms with Gasteiger partial charge >= 0.3 is 0 Å². The summed E-state index contributed by atoms with van der Waals surface area (Å²) in [6, 6.07) is 8.14. The van der Waals surface area contributed by atoms with Crippen molar-refractivity contribution in [2.45, 2.75) is 0 Å². The number of nitrogens with zero attached hydrogens (tertiary/aromatic N) is 2. The zero-order valence-electron chi connectivity index (χ0n) is 9.79. The second-order valence-corrected chi connectivity index (χ2v) is 5.28. The Bertz CT molecular complexity index is 327. The van der Waals surface area contributed by atoms with Crippen molar-refractivity contribution in [2.24, 2.45) is 0 Å². The van der Waals surface area contributed by atoms with Crippen molar-refractivity contribution in [3.05, 3.63) is 29.3 Å². The van der Waals surface area contributed by atoms with E-state index in [1.165, 1.54) is 18.8 Å². The Kier molecular flexibility index (Phi) is 4.88. The number of hydrogen-bond acceptors (Lipinski definition) is 1. The van der Waals surface area contributed by atoms with E-state index in [4.69, 9.17) is 11.6 Å². The van der Waals surface area contributed by atoms with Crippen molar-refractivity contribution in [1.82, 2.24) is 0 Å². The monoisotopic (exact) mass is 352 g/mol. The van der Waals surface area contributed by atoms with E-state index in [0.29, 0.717) is 0 Å². The van der Waals surface area contributed by atoms with E-state index in [1.54, 1.807) is 0 Å². The topological polar surface area (TPSA) is 3.24 Å². The van der Waals surface area contributed by atoms with Gasteiger partial charge in [0.25, 0.3) is 0 Å². The van der Waals surface area contributed by atoms with Crippen LogP contribution in [-0.4, -0.2) is 44.8 Å². The van der Waals surface area contributed by atoms with Gasteiger partial charge in [-0.2, -0.15) is 0 Å². The molecule has 1 saturated heterocycles. The Morgan fingerprint density at radius 3 is 2.06 bits per heavy atom. The van der Waals surface area contributed by atoms with Crippen LogP contribution in [0.5, 0.6) is 0 Å². The lowest BCUT2D eigenvalue weighted by atomic mass is 10.2. The van der Waals surface area contributed by atoms with Crippen molar-refractivity contribution in [3.63, 3.8) is 0 Å². The van der Waals surface area contributed by atoms with E-state index in [9.17, 15) is 0 Å². The lowest BCUT2D eigenvalue weighted by Crippen LogP contribution is -3.00.